The Morgan fingerprint density at radius 1 is 1.00 bits per heavy atom. The zero-order valence-corrected chi connectivity index (χ0v) is 8.52. The molecule has 3 heteroatoms. The Morgan fingerprint density at radius 2 is 1.25 bits per heavy atom. The zero-order chi connectivity index (χ0) is 11.7. The third-order valence-electron chi connectivity index (χ3n) is 1.58. The molecule has 0 atom stereocenters. The van der Waals surface area contributed by atoms with Crippen molar-refractivity contribution in [3.05, 3.63) is 61.2 Å². The molecule has 0 spiro atoms. The molecule has 1 aromatic carbocycles. The van der Waals surface area contributed by atoms with Crippen molar-refractivity contribution < 1.29 is 9.90 Å². The Kier molecular flexibility index (Phi) is 12.4. The summed E-state index contributed by atoms with van der Waals surface area (Å²) in [5, 5.41) is 7.60. The quantitative estimate of drug-likeness (QED) is 0.653. The van der Waals surface area contributed by atoms with Crippen LogP contribution in [0.15, 0.2) is 50.1 Å². The van der Waals surface area contributed by atoms with Crippen LogP contribution in [-0.2, 0) is 4.79 Å². The van der Waals surface area contributed by atoms with E-state index in [2.05, 4.69) is 19.7 Å². The fourth-order valence-corrected chi connectivity index (χ4v) is 0.768. The zero-order valence-electron chi connectivity index (χ0n) is 8.52. The first-order valence-electron chi connectivity index (χ1n) is 4.34. The molecule has 0 aromatic heterocycles. The van der Waals surface area contributed by atoms with Crippen LogP contribution in [0.2, 0.25) is 0 Å². The molecule has 0 amide bonds. The van der Waals surface area contributed by atoms with Crippen LogP contribution in [0.5, 0.6) is 0 Å². The summed E-state index contributed by atoms with van der Waals surface area (Å²) in [5.41, 5.74) is 2.29. The van der Waals surface area contributed by atoms with Gasteiger partial charge in [-0.1, -0.05) is 56.2 Å². The minimum absolute atomic E-state index is 0. The van der Waals surface area contributed by atoms with E-state index in [9.17, 15) is 4.79 Å². The molecule has 0 bridgehead atoms. The van der Waals surface area contributed by atoms with Gasteiger partial charge in [-0.3, -0.25) is 0 Å². The fourth-order valence-electron chi connectivity index (χ4n) is 0.768. The molecule has 16 heavy (non-hydrogen) atoms. The van der Waals surface area contributed by atoms with Crippen LogP contribution in [-0.4, -0.2) is 62.5 Å². The van der Waals surface area contributed by atoms with E-state index >= 15 is 0 Å². The normalized spacial score (nSPS) is 7.50. The number of benzene rings is 1. The number of hydrogen-bond acceptors (Lipinski definition) is 1. The Balaban J connectivity index is 0. The molecule has 1 aromatic rings. The van der Waals surface area contributed by atoms with Gasteiger partial charge in [-0.25, -0.2) is 4.79 Å². The predicted molar refractivity (Wildman–Crippen MR) is 71.6 cm³/mol. The fraction of sp³-hybridized carbons (Fsp3) is 0. The molecule has 80 valence electrons. The summed E-state index contributed by atoms with van der Waals surface area (Å²) in [4.78, 5) is 9.25. The molecule has 0 radical (unpaired) electrons. The topological polar surface area (TPSA) is 37.3 Å². The third kappa shape index (κ3) is 8.82. The Hall–Kier alpha value is -0.454. The second kappa shape index (κ2) is 11.0. The molecule has 1 rings (SSSR count). The number of carboxylic acid groups (broad SMARTS) is 1. The molecule has 0 heterocycles. The minimum atomic E-state index is -0.981. The van der Waals surface area contributed by atoms with Crippen LogP contribution in [0.1, 0.15) is 11.1 Å². The summed E-state index contributed by atoms with van der Waals surface area (Å²) in [7, 11) is 0. The summed E-state index contributed by atoms with van der Waals surface area (Å²) in [5.74, 6) is -0.981. The summed E-state index contributed by atoms with van der Waals surface area (Å²) in [6, 6.07) is 8.07. The number of hydrogen-bond donors (Lipinski definition) is 1. The van der Waals surface area contributed by atoms with Gasteiger partial charge in [0.15, 0.2) is 0 Å². The van der Waals surface area contributed by atoms with Crippen molar-refractivity contribution in [3.8, 4) is 0 Å². The van der Waals surface area contributed by atoms with Gasteiger partial charge >= 0.3 is 57.4 Å². The molecule has 0 saturated heterocycles. The van der Waals surface area contributed by atoms with E-state index in [-0.39, 0.29) is 51.4 Å². The van der Waals surface area contributed by atoms with Crippen molar-refractivity contribution in [1.82, 2.24) is 0 Å². The number of carboxylic acids is 1. The number of rotatable bonds is 3. The van der Waals surface area contributed by atoms with Gasteiger partial charge in [0.25, 0.3) is 0 Å². The second-order valence-corrected chi connectivity index (χ2v) is 2.62. The van der Waals surface area contributed by atoms with E-state index in [4.69, 9.17) is 5.11 Å². The molecular formula is C13H15KO2. The first-order chi connectivity index (χ1) is 7.13. The number of aliphatic carboxylic acids is 1. The average molecular weight is 242 g/mol. The van der Waals surface area contributed by atoms with Crippen molar-refractivity contribution in [2.45, 2.75) is 0 Å². The Bertz CT molecular complexity index is 326. The number of carbonyl (C=O) groups is 1. The molecule has 0 aliphatic rings. The maximum atomic E-state index is 9.25. The van der Waals surface area contributed by atoms with Gasteiger partial charge in [0.1, 0.15) is 0 Å². The standard InChI is InChI=1S/C10H10.C3H4O2.K.H/c1-3-9-5-7-10(4-2)8-6-9;1-2-3(4)5;;/h3-8H,1-2H2;2H,1H2,(H,4,5);;. The molecule has 0 aliphatic heterocycles. The van der Waals surface area contributed by atoms with Gasteiger partial charge in [0.2, 0.25) is 0 Å². The van der Waals surface area contributed by atoms with Gasteiger partial charge in [-0.15, -0.1) is 0 Å². The Labute approximate surface area is 139 Å². The van der Waals surface area contributed by atoms with Crippen molar-refractivity contribution in [2.75, 3.05) is 0 Å². The van der Waals surface area contributed by atoms with Crippen molar-refractivity contribution in [1.29, 1.82) is 0 Å². The Morgan fingerprint density at radius 3 is 1.38 bits per heavy atom. The molecule has 0 fully saturated rings. The molecule has 0 saturated carbocycles. The van der Waals surface area contributed by atoms with Gasteiger partial charge in [-0.2, -0.15) is 0 Å². The first-order valence-corrected chi connectivity index (χ1v) is 4.34. The first kappa shape index (κ1) is 17.9. The van der Waals surface area contributed by atoms with Crippen LogP contribution >= 0.6 is 0 Å². The van der Waals surface area contributed by atoms with Crippen LogP contribution in [0.3, 0.4) is 0 Å². The van der Waals surface area contributed by atoms with Gasteiger partial charge < -0.3 is 5.11 Å². The summed E-state index contributed by atoms with van der Waals surface area (Å²) >= 11 is 0. The van der Waals surface area contributed by atoms with E-state index < -0.39 is 5.97 Å². The van der Waals surface area contributed by atoms with E-state index in [0.29, 0.717) is 0 Å². The van der Waals surface area contributed by atoms with E-state index in [1.807, 2.05) is 36.4 Å². The van der Waals surface area contributed by atoms with Gasteiger partial charge in [0, 0.05) is 6.08 Å². The van der Waals surface area contributed by atoms with Crippen LogP contribution in [0.4, 0.5) is 0 Å². The van der Waals surface area contributed by atoms with Crippen LogP contribution < -0.4 is 0 Å². The van der Waals surface area contributed by atoms with Gasteiger partial charge in [-0.05, 0) is 11.1 Å². The molecule has 0 aliphatic carbocycles. The van der Waals surface area contributed by atoms with E-state index in [1.54, 1.807) is 0 Å². The van der Waals surface area contributed by atoms with Crippen molar-refractivity contribution in [2.24, 2.45) is 0 Å². The monoisotopic (exact) mass is 242 g/mol. The maximum absolute atomic E-state index is 9.25. The SMILES string of the molecule is C=CC(=O)O.C=Cc1ccc(C=C)cc1.[KH]. The second-order valence-electron chi connectivity index (χ2n) is 2.62. The summed E-state index contributed by atoms with van der Waals surface area (Å²) < 4.78 is 0. The third-order valence-corrected chi connectivity index (χ3v) is 1.58. The predicted octanol–water partition coefficient (Wildman–Crippen LogP) is 2.58. The van der Waals surface area contributed by atoms with E-state index in [0.717, 1.165) is 17.2 Å². The average Bonchev–Trinajstić information content (AvgIpc) is 2.30. The molecule has 0 unspecified atom stereocenters. The molecule has 2 nitrogen and oxygen atoms in total. The van der Waals surface area contributed by atoms with Crippen molar-refractivity contribution in [3.63, 3.8) is 0 Å². The van der Waals surface area contributed by atoms with Crippen molar-refractivity contribution >= 4 is 69.5 Å². The van der Waals surface area contributed by atoms with Crippen LogP contribution in [0, 0.1) is 0 Å². The summed E-state index contributed by atoms with van der Waals surface area (Å²) in [6.45, 7) is 10.3. The molecular weight excluding hydrogens is 227 g/mol. The van der Waals surface area contributed by atoms with E-state index in [1.165, 1.54) is 0 Å². The van der Waals surface area contributed by atoms with Crippen LogP contribution in [0.25, 0.3) is 12.2 Å². The summed E-state index contributed by atoms with van der Waals surface area (Å²) in [6.07, 6.45) is 4.49. The molecule has 1 N–H and O–H groups in total. The van der Waals surface area contributed by atoms with Gasteiger partial charge in [0.05, 0.1) is 0 Å².